The first-order chi connectivity index (χ1) is 15.7. The summed E-state index contributed by atoms with van der Waals surface area (Å²) in [6.45, 7) is 4.21. The van der Waals surface area contributed by atoms with E-state index in [2.05, 4.69) is 0 Å². The highest BCUT2D eigenvalue weighted by atomic mass is 35.5. The molecule has 1 N–H and O–H groups in total. The number of halogens is 2. The second kappa shape index (κ2) is 9.75. The minimum absolute atomic E-state index is 0.104. The van der Waals surface area contributed by atoms with Gasteiger partial charge in [-0.15, -0.1) is 11.8 Å². The normalized spacial score (nSPS) is 22.1. The van der Waals surface area contributed by atoms with Crippen LogP contribution in [-0.2, 0) is 9.53 Å². The zero-order valence-corrected chi connectivity index (χ0v) is 20.6. The van der Waals surface area contributed by atoms with Crippen LogP contribution in [0.15, 0.2) is 59.1 Å². The molecule has 2 heterocycles. The number of amides is 1. The van der Waals surface area contributed by atoms with Crippen LogP contribution in [0.5, 0.6) is 0 Å². The number of hydrogen-bond donors (Lipinski definition) is 1. The Kier molecular flexibility index (Phi) is 7.15. The molecule has 1 fully saturated rings. The third-order valence-electron chi connectivity index (χ3n) is 5.83. The average Bonchev–Trinajstić information content (AvgIpc) is 3.21. The molecule has 2 aromatic carbocycles. The van der Waals surface area contributed by atoms with Crippen molar-refractivity contribution in [2.75, 3.05) is 6.61 Å². The fraction of sp³-hybridized carbons (Fsp3) is 0.333. The van der Waals surface area contributed by atoms with Crippen LogP contribution in [0.2, 0.25) is 16.4 Å². The molecule has 4 rings (SSSR count). The highest BCUT2D eigenvalue weighted by Gasteiger charge is 2.41. The Labute approximate surface area is 208 Å². The molecule has 2 aliphatic heterocycles. The maximum Gasteiger partial charge on any atom is 0.343 e. The second-order valence-corrected chi connectivity index (χ2v) is 10.7. The summed E-state index contributed by atoms with van der Waals surface area (Å²) in [4.78, 5) is 27.8. The van der Waals surface area contributed by atoms with E-state index in [-0.39, 0.29) is 39.3 Å². The first-order valence-electron chi connectivity index (χ1n) is 10.6. The van der Waals surface area contributed by atoms with Crippen LogP contribution < -0.4 is 0 Å². The van der Waals surface area contributed by atoms with Gasteiger partial charge in [0.2, 0.25) is 0 Å². The summed E-state index contributed by atoms with van der Waals surface area (Å²) in [5, 5.41) is 10.6. The van der Waals surface area contributed by atoms with Gasteiger partial charge in [0.1, 0.15) is 4.91 Å². The van der Waals surface area contributed by atoms with E-state index in [0.717, 1.165) is 5.56 Å². The molecule has 5 nitrogen and oxygen atoms in total. The second-order valence-electron chi connectivity index (χ2n) is 8.61. The van der Waals surface area contributed by atoms with E-state index in [1.807, 2.05) is 51.5 Å². The molecule has 2 unspecified atom stereocenters. The molecule has 1 radical (unpaired) electrons. The Hall–Kier alpha value is -1.93. The van der Waals surface area contributed by atoms with Gasteiger partial charge in [-0.3, -0.25) is 4.79 Å². The summed E-state index contributed by atoms with van der Waals surface area (Å²) >= 11 is 13.7. The van der Waals surface area contributed by atoms with E-state index < -0.39 is 11.5 Å². The number of rotatable bonds is 5. The van der Waals surface area contributed by atoms with E-state index in [9.17, 15) is 14.7 Å². The molecule has 9 heteroatoms. The predicted molar refractivity (Wildman–Crippen MR) is 133 cm³/mol. The molecule has 2 aromatic rings. The van der Waals surface area contributed by atoms with Crippen LogP contribution in [-0.4, -0.2) is 47.3 Å². The summed E-state index contributed by atoms with van der Waals surface area (Å²) in [7, 11) is 2.02. The monoisotopic (exact) mass is 502 g/mol. The predicted octanol–water partition coefficient (Wildman–Crippen LogP) is 5.87. The molecule has 1 amide bonds. The molecule has 0 aromatic heterocycles. The van der Waals surface area contributed by atoms with Crippen molar-refractivity contribution in [2.45, 2.75) is 43.4 Å². The van der Waals surface area contributed by atoms with Crippen LogP contribution in [0.4, 0.5) is 0 Å². The quantitative estimate of drug-likeness (QED) is 0.518. The van der Waals surface area contributed by atoms with Crippen molar-refractivity contribution in [3.63, 3.8) is 0 Å². The lowest BCUT2D eigenvalue weighted by Gasteiger charge is -2.40. The number of hydrogen-bond acceptors (Lipinski definition) is 4. The fourth-order valence-electron chi connectivity index (χ4n) is 4.09. The summed E-state index contributed by atoms with van der Waals surface area (Å²) in [6.07, 6.45) is 0.980. The standard InChI is InChI=1S/C24H23BCl2NO4S/c1-24(2)25-12-16(13-32-24)28(22(29)17-9-8-15(26)10-18(17)27)19-11-20(33-21(19)23(30)31)14-6-4-3-5-7-14/h3-10,16,20H,11-13H2,1-2H3,(H,30,31). The van der Waals surface area contributed by atoms with Crippen LogP contribution in [0.3, 0.4) is 0 Å². The Morgan fingerprint density at radius 3 is 2.52 bits per heavy atom. The lowest BCUT2D eigenvalue weighted by molar-refractivity contribution is -0.131. The number of carbonyl (C=O) groups excluding carboxylic acids is 1. The number of benzene rings is 2. The molecule has 0 bridgehead atoms. The van der Waals surface area contributed by atoms with Crippen molar-refractivity contribution < 1.29 is 19.4 Å². The molecule has 0 saturated carbocycles. The fourth-order valence-corrected chi connectivity index (χ4v) is 5.82. The number of carboxylic acid groups (broad SMARTS) is 1. The molecule has 0 aliphatic carbocycles. The van der Waals surface area contributed by atoms with Crippen molar-refractivity contribution in [3.05, 3.63) is 80.3 Å². The molecule has 33 heavy (non-hydrogen) atoms. The minimum Gasteiger partial charge on any atom is -0.477 e. The highest BCUT2D eigenvalue weighted by Crippen LogP contribution is 2.49. The lowest BCUT2D eigenvalue weighted by Crippen LogP contribution is -2.51. The Bertz CT molecular complexity index is 1100. The van der Waals surface area contributed by atoms with Gasteiger partial charge in [0, 0.05) is 27.9 Å². The largest absolute Gasteiger partial charge is 0.477 e. The Morgan fingerprint density at radius 2 is 1.91 bits per heavy atom. The van der Waals surface area contributed by atoms with Gasteiger partial charge >= 0.3 is 5.97 Å². The van der Waals surface area contributed by atoms with E-state index in [1.54, 1.807) is 17.0 Å². The number of aliphatic carboxylic acids is 1. The van der Waals surface area contributed by atoms with Gasteiger partial charge in [-0.1, -0.05) is 59.9 Å². The summed E-state index contributed by atoms with van der Waals surface area (Å²) < 4.78 is 5.98. The highest BCUT2D eigenvalue weighted by molar-refractivity contribution is 8.04. The zero-order chi connectivity index (χ0) is 23.8. The van der Waals surface area contributed by atoms with Gasteiger partial charge in [-0.2, -0.15) is 0 Å². The van der Waals surface area contributed by atoms with Crippen molar-refractivity contribution in [1.82, 2.24) is 4.90 Å². The molecular formula is C24H23BCl2NO4S. The van der Waals surface area contributed by atoms with Crippen molar-refractivity contribution >= 4 is 54.1 Å². The van der Waals surface area contributed by atoms with Crippen LogP contribution in [0, 0.1) is 0 Å². The minimum atomic E-state index is -1.05. The van der Waals surface area contributed by atoms with Gasteiger partial charge in [0.15, 0.2) is 7.28 Å². The number of thioether (sulfide) groups is 1. The van der Waals surface area contributed by atoms with Crippen molar-refractivity contribution in [1.29, 1.82) is 0 Å². The van der Waals surface area contributed by atoms with Crippen LogP contribution in [0.1, 0.15) is 41.4 Å². The third kappa shape index (κ3) is 5.27. The SMILES string of the molecule is CC1(C)[B]CC(N(C(=O)c2ccc(Cl)cc2Cl)C2=C(C(=O)O)SC(c3ccccc3)C2)CO1. The van der Waals surface area contributed by atoms with E-state index in [0.29, 0.717) is 23.5 Å². The smallest absolute Gasteiger partial charge is 0.343 e. The van der Waals surface area contributed by atoms with Crippen LogP contribution in [0.25, 0.3) is 0 Å². The van der Waals surface area contributed by atoms with E-state index in [1.165, 1.54) is 17.8 Å². The maximum atomic E-state index is 13.8. The third-order valence-corrected chi connectivity index (χ3v) is 7.75. The molecule has 1 saturated heterocycles. The number of allylic oxidation sites excluding steroid dienone is 1. The molecule has 0 spiro atoms. The van der Waals surface area contributed by atoms with Gasteiger partial charge in [0.05, 0.1) is 23.2 Å². The lowest BCUT2D eigenvalue weighted by atomic mass is 9.56. The maximum absolute atomic E-state index is 13.8. The molecule has 2 atom stereocenters. The van der Waals surface area contributed by atoms with Crippen molar-refractivity contribution in [2.24, 2.45) is 0 Å². The van der Waals surface area contributed by atoms with Crippen molar-refractivity contribution in [3.8, 4) is 0 Å². The number of ether oxygens (including phenoxy) is 1. The first-order valence-corrected chi connectivity index (χ1v) is 12.2. The average molecular weight is 503 g/mol. The number of carboxylic acids is 1. The van der Waals surface area contributed by atoms with Gasteiger partial charge in [0.25, 0.3) is 5.91 Å². The molecule has 171 valence electrons. The summed E-state index contributed by atoms with van der Waals surface area (Å²) in [5.41, 5.74) is 1.36. The molecule has 2 aliphatic rings. The summed E-state index contributed by atoms with van der Waals surface area (Å²) in [6, 6.07) is 14.1. The van der Waals surface area contributed by atoms with Gasteiger partial charge in [-0.05, 0) is 37.6 Å². The topological polar surface area (TPSA) is 66.8 Å². The Balaban J connectivity index is 1.75. The van der Waals surface area contributed by atoms with Gasteiger partial charge in [-0.25, -0.2) is 4.79 Å². The van der Waals surface area contributed by atoms with Gasteiger partial charge < -0.3 is 14.7 Å². The van der Waals surface area contributed by atoms with E-state index in [4.69, 9.17) is 27.9 Å². The number of carbonyl (C=O) groups is 2. The van der Waals surface area contributed by atoms with Crippen LogP contribution >= 0.6 is 35.0 Å². The molecular weight excluding hydrogens is 480 g/mol. The summed E-state index contributed by atoms with van der Waals surface area (Å²) in [5.74, 6) is -1.41. The van der Waals surface area contributed by atoms with E-state index >= 15 is 0 Å². The number of nitrogens with zero attached hydrogens (tertiary/aromatic N) is 1. The Morgan fingerprint density at radius 1 is 1.18 bits per heavy atom. The first kappa shape index (κ1) is 24.2. The zero-order valence-electron chi connectivity index (χ0n) is 18.3.